The van der Waals surface area contributed by atoms with Gasteiger partial charge in [0.15, 0.2) is 0 Å². The molecule has 1 unspecified atom stereocenters. The normalized spacial score (nSPS) is 19.0. The molecule has 6 heteroatoms. The van der Waals surface area contributed by atoms with Crippen LogP contribution in [0.3, 0.4) is 0 Å². The Hall–Kier alpha value is -0.260. The first-order valence-electron chi connectivity index (χ1n) is 2.53. The van der Waals surface area contributed by atoms with Crippen molar-refractivity contribution in [3.63, 3.8) is 0 Å². The molecular weight excluding hydrogens is 167 g/mol. The van der Waals surface area contributed by atoms with Crippen LogP contribution in [0.1, 0.15) is 13.8 Å². The van der Waals surface area contributed by atoms with Crippen LogP contribution < -0.4 is 0 Å². The molecule has 0 fully saturated rings. The lowest BCUT2D eigenvalue weighted by molar-refractivity contribution is -0.0412. The summed E-state index contributed by atoms with van der Waals surface area (Å²) in [5.74, 6) is 0. The van der Waals surface area contributed by atoms with Crippen molar-refractivity contribution in [3.8, 4) is 0 Å². The quantitative estimate of drug-likeness (QED) is 0.650. The lowest BCUT2D eigenvalue weighted by atomic mass is 10.6. The molecule has 0 heterocycles. The van der Waals surface area contributed by atoms with E-state index in [1.165, 1.54) is 0 Å². The van der Waals surface area contributed by atoms with Crippen molar-refractivity contribution >= 4 is 9.73 Å². The molecule has 0 aliphatic rings. The van der Waals surface area contributed by atoms with Gasteiger partial charge >= 0.3 is 5.51 Å². The van der Waals surface area contributed by atoms with Crippen LogP contribution in [0.2, 0.25) is 0 Å². The van der Waals surface area contributed by atoms with Gasteiger partial charge in [-0.05, 0) is 13.8 Å². The highest BCUT2D eigenvalue weighted by Gasteiger charge is 2.43. The molecule has 62 valence electrons. The number of rotatable bonds is 1. The van der Waals surface area contributed by atoms with Crippen molar-refractivity contribution in [3.05, 3.63) is 0 Å². The van der Waals surface area contributed by atoms with Crippen molar-refractivity contribution in [2.45, 2.75) is 24.6 Å². The highest BCUT2D eigenvalue weighted by molar-refractivity contribution is 7.93. The molecule has 10 heavy (non-hydrogen) atoms. The van der Waals surface area contributed by atoms with Gasteiger partial charge in [0.2, 0.25) is 0 Å². The van der Waals surface area contributed by atoms with Crippen LogP contribution in [0, 0.1) is 4.78 Å². The van der Waals surface area contributed by atoms with E-state index in [4.69, 9.17) is 4.78 Å². The van der Waals surface area contributed by atoms with E-state index in [2.05, 4.69) is 0 Å². The molecule has 0 aromatic rings. The zero-order chi connectivity index (χ0) is 8.58. The first-order chi connectivity index (χ1) is 4.19. The maximum Gasteiger partial charge on any atom is 0.479 e. The van der Waals surface area contributed by atoms with E-state index in [1.807, 2.05) is 0 Å². The summed E-state index contributed by atoms with van der Waals surface area (Å²) >= 11 is 0. The molecule has 0 bridgehead atoms. The monoisotopic (exact) mass is 175 g/mol. The van der Waals surface area contributed by atoms with Gasteiger partial charge in [-0.1, -0.05) is 0 Å². The van der Waals surface area contributed by atoms with Crippen LogP contribution in [-0.2, 0) is 9.73 Å². The smallest absolute Gasteiger partial charge is 0.245 e. The van der Waals surface area contributed by atoms with Crippen LogP contribution >= 0.6 is 0 Å². The van der Waals surface area contributed by atoms with E-state index < -0.39 is 20.5 Å². The summed E-state index contributed by atoms with van der Waals surface area (Å²) < 4.78 is 51.7. The molecule has 0 spiro atoms. The van der Waals surface area contributed by atoms with E-state index in [0.717, 1.165) is 13.8 Å². The molecular formula is C4H8F3NOS. The van der Waals surface area contributed by atoms with Gasteiger partial charge < -0.3 is 0 Å². The number of nitrogens with one attached hydrogen (secondary N) is 1. The molecule has 1 N–H and O–H groups in total. The second-order valence-corrected chi connectivity index (χ2v) is 4.70. The average Bonchev–Trinajstić information content (AvgIpc) is 1.62. The average molecular weight is 175 g/mol. The molecule has 0 amide bonds. The Balaban J connectivity index is 4.79. The van der Waals surface area contributed by atoms with E-state index in [-0.39, 0.29) is 0 Å². The highest BCUT2D eigenvalue weighted by Crippen LogP contribution is 2.27. The second-order valence-electron chi connectivity index (χ2n) is 2.10. The minimum Gasteiger partial charge on any atom is -0.245 e. The molecule has 0 rings (SSSR count). The predicted octanol–water partition coefficient (Wildman–Crippen LogP) is 1.96. The SMILES string of the molecule is CC(C)S(=N)(=O)C(F)(F)F. The topological polar surface area (TPSA) is 40.9 Å². The standard InChI is InChI=1S/C4H8F3NOS/c1-3(2)10(8,9)4(5,6)7/h3,8H,1-2H3. The zero-order valence-electron chi connectivity index (χ0n) is 5.53. The van der Waals surface area contributed by atoms with Crippen LogP contribution in [0.5, 0.6) is 0 Å². The van der Waals surface area contributed by atoms with Gasteiger partial charge in [-0.3, -0.25) is 0 Å². The van der Waals surface area contributed by atoms with Crippen molar-refractivity contribution in [2.24, 2.45) is 0 Å². The lowest BCUT2D eigenvalue weighted by Crippen LogP contribution is -2.29. The van der Waals surface area contributed by atoms with Gasteiger partial charge in [-0.2, -0.15) is 13.2 Å². The minimum atomic E-state index is -4.89. The van der Waals surface area contributed by atoms with E-state index in [0.29, 0.717) is 0 Å². The van der Waals surface area contributed by atoms with Crippen molar-refractivity contribution in [1.29, 1.82) is 4.78 Å². The molecule has 0 aliphatic heterocycles. The Morgan fingerprint density at radius 3 is 1.70 bits per heavy atom. The van der Waals surface area contributed by atoms with E-state index >= 15 is 0 Å². The molecule has 0 saturated carbocycles. The van der Waals surface area contributed by atoms with Crippen LogP contribution in [-0.4, -0.2) is 15.0 Å². The van der Waals surface area contributed by atoms with Crippen molar-refractivity contribution in [2.75, 3.05) is 0 Å². The third-order valence-corrected chi connectivity index (χ3v) is 3.02. The number of hydrogen-bond acceptors (Lipinski definition) is 2. The maximum absolute atomic E-state index is 11.6. The summed E-state index contributed by atoms with van der Waals surface area (Å²) in [7, 11) is -4.41. The predicted molar refractivity (Wildman–Crippen MR) is 32.1 cm³/mol. The Morgan fingerprint density at radius 1 is 1.40 bits per heavy atom. The summed E-state index contributed by atoms with van der Waals surface area (Å²) in [5, 5.41) is -1.17. The largest absolute Gasteiger partial charge is 0.479 e. The molecule has 0 aliphatic carbocycles. The zero-order valence-corrected chi connectivity index (χ0v) is 6.34. The Bertz CT molecular complexity index is 203. The van der Waals surface area contributed by atoms with Gasteiger partial charge in [0, 0.05) is 5.25 Å². The fraction of sp³-hybridized carbons (Fsp3) is 1.00. The third-order valence-electron chi connectivity index (χ3n) is 1.01. The van der Waals surface area contributed by atoms with Crippen LogP contribution in [0.15, 0.2) is 0 Å². The Labute approximate surface area is 57.4 Å². The first-order valence-corrected chi connectivity index (χ1v) is 4.15. The van der Waals surface area contributed by atoms with E-state index in [9.17, 15) is 17.4 Å². The van der Waals surface area contributed by atoms with Crippen LogP contribution in [0.4, 0.5) is 13.2 Å². The second kappa shape index (κ2) is 2.41. The summed E-state index contributed by atoms with van der Waals surface area (Å²) in [5.41, 5.74) is -4.89. The molecule has 0 saturated heterocycles. The molecule has 0 aromatic heterocycles. The molecule has 0 radical (unpaired) electrons. The lowest BCUT2D eigenvalue weighted by Gasteiger charge is -2.13. The third kappa shape index (κ3) is 1.62. The summed E-state index contributed by atoms with van der Waals surface area (Å²) in [6, 6.07) is 0. The van der Waals surface area contributed by atoms with Crippen molar-refractivity contribution in [1.82, 2.24) is 0 Å². The van der Waals surface area contributed by atoms with Gasteiger partial charge in [0.25, 0.3) is 0 Å². The van der Waals surface area contributed by atoms with Gasteiger partial charge in [-0.15, -0.1) is 0 Å². The summed E-state index contributed by atoms with van der Waals surface area (Å²) in [6.45, 7) is 2.23. The summed E-state index contributed by atoms with van der Waals surface area (Å²) in [6.07, 6.45) is 0. The molecule has 0 aromatic carbocycles. The van der Waals surface area contributed by atoms with Gasteiger partial charge in [0.05, 0.1) is 0 Å². The Morgan fingerprint density at radius 2 is 1.70 bits per heavy atom. The van der Waals surface area contributed by atoms with Crippen LogP contribution in [0.25, 0.3) is 0 Å². The highest BCUT2D eigenvalue weighted by atomic mass is 32.2. The van der Waals surface area contributed by atoms with Gasteiger partial charge in [-0.25, -0.2) is 8.99 Å². The first kappa shape index (κ1) is 9.74. The van der Waals surface area contributed by atoms with Gasteiger partial charge in [0.1, 0.15) is 9.73 Å². The fourth-order valence-corrected chi connectivity index (χ4v) is 0.802. The molecule has 1 atom stereocenters. The fourth-order valence-electron chi connectivity index (χ4n) is 0.267. The Kier molecular flexibility index (Phi) is 2.35. The summed E-state index contributed by atoms with van der Waals surface area (Å²) in [4.78, 5) is 0. The maximum atomic E-state index is 11.6. The number of hydrogen-bond donors (Lipinski definition) is 1. The molecule has 2 nitrogen and oxygen atoms in total. The minimum absolute atomic E-state index is 1.11. The van der Waals surface area contributed by atoms with E-state index in [1.54, 1.807) is 0 Å². The number of alkyl halides is 3. The van der Waals surface area contributed by atoms with Crippen molar-refractivity contribution < 1.29 is 17.4 Å². The number of halogens is 3.